The molecule has 0 atom stereocenters. The minimum atomic E-state index is 0.413. The molecule has 0 saturated heterocycles. The maximum atomic E-state index is 5.15. The van der Waals surface area contributed by atoms with Crippen molar-refractivity contribution in [1.82, 2.24) is 9.97 Å². The number of rotatable bonds is 6. The van der Waals surface area contributed by atoms with E-state index in [0.29, 0.717) is 18.3 Å². The number of nitrogens with one attached hydrogen (secondary N) is 1. The van der Waals surface area contributed by atoms with Crippen LogP contribution in [0.15, 0.2) is 30.3 Å². The molecule has 0 radical (unpaired) electrons. The molecular formula is C17H23N3O. The molecule has 4 nitrogen and oxygen atoms in total. The zero-order valence-electron chi connectivity index (χ0n) is 13.2. The van der Waals surface area contributed by atoms with Crippen LogP contribution >= 0.6 is 0 Å². The van der Waals surface area contributed by atoms with E-state index >= 15 is 0 Å². The number of ether oxygens (including phenoxy) is 1. The lowest BCUT2D eigenvalue weighted by atomic mass is 10.0. The summed E-state index contributed by atoms with van der Waals surface area (Å²) in [5, 5.41) is 3.24. The minimum absolute atomic E-state index is 0.413. The summed E-state index contributed by atoms with van der Waals surface area (Å²) in [5.74, 6) is 2.06. The summed E-state index contributed by atoms with van der Waals surface area (Å²) in [5.41, 5.74) is 3.35. The Balaban J connectivity index is 2.36. The second kappa shape index (κ2) is 7.18. The van der Waals surface area contributed by atoms with Gasteiger partial charge in [0, 0.05) is 25.3 Å². The first-order valence-corrected chi connectivity index (χ1v) is 7.35. The quantitative estimate of drug-likeness (QED) is 0.876. The fourth-order valence-electron chi connectivity index (χ4n) is 2.15. The third kappa shape index (κ3) is 4.02. The third-order valence-electron chi connectivity index (χ3n) is 3.28. The first-order chi connectivity index (χ1) is 10.1. The zero-order chi connectivity index (χ0) is 15.2. The Labute approximate surface area is 126 Å². The van der Waals surface area contributed by atoms with E-state index in [0.717, 1.165) is 23.6 Å². The number of anilines is 1. The number of nitrogens with zero attached hydrogens (tertiary/aromatic N) is 2. The van der Waals surface area contributed by atoms with Crippen molar-refractivity contribution in [3.05, 3.63) is 41.7 Å². The lowest BCUT2D eigenvalue weighted by molar-refractivity contribution is 0.178. The van der Waals surface area contributed by atoms with Crippen molar-refractivity contribution in [3.63, 3.8) is 0 Å². The number of hydrogen-bond acceptors (Lipinski definition) is 4. The Bertz CT molecular complexity index is 555. The summed E-state index contributed by atoms with van der Waals surface area (Å²) in [4.78, 5) is 9.01. The molecule has 2 aromatic rings. The maximum Gasteiger partial charge on any atom is 0.157 e. The molecule has 112 valence electrons. The summed E-state index contributed by atoms with van der Waals surface area (Å²) in [6.07, 6.45) is 0. The van der Waals surface area contributed by atoms with Gasteiger partial charge in [-0.1, -0.05) is 38.1 Å². The molecule has 0 spiro atoms. The predicted molar refractivity (Wildman–Crippen MR) is 86.4 cm³/mol. The highest BCUT2D eigenvalue weighted by Gasteiger charge is 2.07. The van der Waals surface area contributed by atoms with Crippen molar-refractivity contribution < 1.29 is 4.74 Å². The second-order valence-corrected chi connectivity index (χ2v) is 5.29. The molecule has 0 bridgehead atoms. The topological polar surface area (TPSA) is 47.0 Å². The lowest BCUT2D eigenvalue weighted by Crippen LogP contribution is -2.05. The van der Waals surface area contributed by atoms with Crippen LogP contribution in [-0.2, 0) is 11.3 Å². The fraction of sp³-hybridized carbons (Fsp3) is 0.412. The molecule has 0 saturated carbocycles. The van der Waals surface area contributed by atoms with Crippen LogP contribution in [0, 0.1) is 0 Å². The van der Waals surface area contributed by atoms with Crippen molar-refractivity contribution in [2.24, 2.45) is 0 Å². The first-order valence-electron chi connectivity index (χ1n) is 7.35. The molecule has 2 rings (SSSR count). The van der Waals surface area contributed by atoms with Gasteiger partial charge in [0.1, 0.15) is 12.4 Å². The highest BCUT2D eigenvalue weighted by Crippen LogP contribution is 2.23. The Kier molecular flexibility index (Phi) is 5.28. The van der Waals surface area contributed by atoms with Gasteiger partial charge in [0.05, 0.1) is 5.69 Å². The average Bonchev–Trinajstić information content (AvgIpc) is 2.48. The van der Waals surface area contributed by atoms with Gasteiger partial charge in [0.2, 0.25) is 0 Å². The van der Waals surface area contributed by atoms with E-state index in [1.54, 1.807) is 7.11 Å². The standard InChI is InChI=1S/C17H23N3O/c1-5-18-16-10-15(19-17(20-16)11-21-4)14-8-6-13(7-9-14)12(2)3/h6-10,12H,5,11H2,1-4H3,(H,18,19,20). The maximum absolute atomic E-state index is 5.15. The number of aromatic nitrogens is 2. The van der Waals surface area contributed by atoms with Crippen molar-refractivity contribution in [2.75, 3.05) is 19.0 Å². The van der Waals surface area contributed by atoms with Crippen LogP contribution in [-0.4, -0.2) is 23.6 Å². The van der Waals surface area contributed by atoms with Gasteiger partial charge in [-0.3, -0.25) is 0 Å². The van der Waals surface area contributed by atoms with Crippen molar-refractivity contribution >= 4 is 5.82 Å². The van der Waals surface area contributed by atoms with Gasteiger partial charge in [-0.05, 0) is 18.4 Å². The van der Waals surface area contributed by atoms with Crippen LogP contribution in [0.3, 0.4) is 0 Å². The molecule has 21 heavy (non-hydrogen) atoms. The SMILES string of the molecule is CCNc1cc(-c2ccc(C(C)C)cc2)nc(COC)n1. The van der Waals surface area contributed by atoms with Crippen molar-refractivity contribution in [2.45, 2.75) is 33.3 Å². The molecule has 0 unspecified atom stereocenters. The van der Waals surface area contributed by atoms with Crippen LogP contribution in [0.1, 0.15) is 38.1 Å². The normalized spacial score (nSPS) is 10.9. The van der Waals surface area contributed by atoms with Gasteiger partial charge < -0.3 is 10.1 Å². The van der Waals surface area contributed by atoms with Crippen LogP contribution in [0.5, 0.6) is 0 Å². The molecule has 0 aliphatic rings. The summed E-state index contributed by atoms with van der Waals surface area (Å²) in [7, 11) is 1.65. The molecular weight excluding hydrogens is 262 g/mol. The van der Waals surface area contributed by atoms with E-state index in [9.17, 15) is 0 Å². The van der Waals surface area contributed by atoms with E-state index in [4.69, 9.17) is 4.74 Å². The summed E-state index contributed by atoms with van der Waals surface area (Å²) in [6.45, 7) is 7.68. The van der Waals surface area contributed by atoms with E-state index in [2.05, 4.69) is 60.3 Å². The second-order valence-electron chi connectivity index (χ2n) is 5.29. The minimum Gasteiger partial charge on any atom is -0.377 e. The van der Waals surface area contributed by atoms with Gasteiger partial charge in [-0.2, -0.15) is 0 Å². The fourth-order valence-corrected chi connectivity index (χ4v) is 2.15. The Morgan fingerprint density at radius 2 is 1.86 bits per heavy atom. The van der Waals surface area contributed by atoms with E-state index in [-0.39, 0.29) is 0 Å². The number of benzene rings is 1. The third-order valence-corrected chi connectivity index (χ3v) is 3.28. The van der Waals surface area contributed by atoms with E-state index in [1.165, 1.54) is 5.56 Å². The van der Waals surface area contributed by atoms with Gasteiger partial charge in [0.15, 0.2) is 5.82 Å². The van der Waals surface area contributed by atoms with Crippen LogP contribution in [0.4, 0.5) is 5.82 Å². The van der Waals surface area contributed by atoms with Crippen molar-refractivity contribution in [3.8, 4) is 11.3 Å². The highest BCUT2D eigenvalue weighted by molar-refractivity contribution is 5.63. The van der Waals surface area contributed by atoms with Crippen molar-refractivity contribution in [1.29, 1.82) is 0 Å². The molecule has 0 aliphatic heterocycles. The molecule has 1 N–H and O–H groups in total. The van der Waals surface area contributed by atoms with Crippen LogP contribution in [0.2, 0.25) is 0 Å². The van der Waals surface area contributed by atoms with Gasteiger partial charge >= 0.3 is 0 Å². The van der Waals surface area contributed by atoms with Crippen LogP contribution < -0.4 is 5.32 Å². The smallest absolute Gasteiger partial charge is 0.157 e. The van der Waals surface area contributed by atoms with E-state index in [1.807, 2.05) is 6.07 Å². The predicted octanol–water partition coefficient (Wildman–Crippen LogP) is 3.85. The Morgan fingerprint density at radius 1 is 1.14 bits per heavy atom. The summed E-state index contributed by atoms with van der Waals surface area (Å²) < 4.78 is 5.15. The Morgan fingerprint density at radius 3 is 2.43 bits per heavy atom. The number of methoxy groups -OCH3 is 1. The first kappa shape index (κ1) is 15.4. The number of hydrogen-bond donors (Lipinski definition) is 1. The average molecular weight is 285 g/mol. The van der Waals surface area contributed by atoms with Gasteiger partial charge in [0.25, 0.3) is 0 Å². The molecule has 1 aromatic heterocycles. The highest BCUT2D eigenvalue weighted by atomic mass is 16.5. The summed E-state index contributed by atoms with van der Waals surface area (Å²) >= 11 is 0. The molecule has 0 fully saturated rings. The van der Waals surface area contributed by atoms with Gasteiger partial charge in [-0.15, -0.1) is 0 Å². The zero-order valence-corrected chi connectivity index (χ0v) is 13.2. The summed E-state index contributed by atoms with van der Waals surface area (Å²) in [6, 6.07) is 10.5. The largest absolute Gasteiger partial charge is 0.377 e. The molecule has 0 aliphatic carbocycles. The lowest BCUT2D eigenvalue weighted by Gasteiger charge is -2.10. The van der Waals surface area contributed by atoms with Gasteiger partial charge in [-0.25, -0.2) is 9.97 Å². The van der Waals surface area contributed by atoms with Crippen LogP contribution in [0.25, 0.3) is 11.3 Å². The molecule has 1 heterocycles. The van der Waals surface area contributed by atoms with E-state index < -0.39 is 0 Å². The Hall–Kier alpha value is -1.94. The molecule has 1 aromatic carbocycles. The molecule has 0 amide bonds. The monoisotopic (exact) mass is 285 g/mol. The molecule has 4 heteroatoms.